The van der Waals surface area contributed by atoms with E-state index in [4.69, 9.17) is 5.73 Å². The van der Waals surface area contributed by atoms with Gasteiger partial charge in [0.2, 0.25) is 0 Å². The van der Waals surface area contributed by atoms with Crippen LogP contribution in [-0.4, -0.2) is 51.4 Å². The lowest BCUT2D eigenvalue weighted by molar-refractivity contribution is 0.0923. The Morgan fingerprint density at radius 2 is 1.83 bits per heavy atom. The highest BCUT2D eigenvalue weighted by atomic mass is 16.2. The minimum Gasteiger partial charge on any atom is -0.382 e. The third-order valence-electron chi connectivity index (χ3n) is 6.56. The number of aromatic nitrogens is 2. The fraction of sp³-hybridized carbons (Fsp3) is 0.357. The summed E-state index contributed by atoms with van der Waals surface area (Å²) in [6, 6.07) is 16.8. The standard InChI is InChI=1S/C28H34N6O2/c1-18(19-9-6-5-7-10-19)31-26(35)21-12-8-11-20(15-21)23-16-30-25(29)24(33-23)27(36)32-22-13-14-34(17-22)28(2,3)4/h5-12,15-16,18,22H,13-14,17H2,1-4H3,(H2,29,30)(H,31,35)(H,32,36)/t18-,22+/m1/s1. The Balaban J connectivity index is 1.48. The van der Waals surface area contributed by atoms with E-state index in [2.05, 4.69) is 46.3 Å². The summed E-state index contributed by atoms with van der Waals surface area (Å²) in [5, 5.41) is 6.08. The van der Waals surface area contributed by atoms with Crippen molar-refractivity contribution in [3.8, 4) is 11.3 Å². The molecule has 1 saturated heterocycles. The Hall–Kier alpha value is -3.78. The minimum absolute atomic E-state index is 0.0280. The van der Waals surface area contributed by atoms with Crippen LogP contribution in [0.5, 0.6) is 0 Å². The fourth-order valence-corrected chi connectivity index (χ4v) is 4.37. The molecule has 0 saturated carbocycles. The average Bonchev–Trinajstić information content (AvgIpc) is 3.34. The van der Waals surface area contributed by atoms with Gasteiger partial charge in [-0.2, -0.15) is 0 Å². The molecule has 8 heteroatoms. The molecule has 1 fully saturated rings. The van der Waals surface area contributed by atoms with E-state index >= 15 is 0 Å². The average molecular weight is 487 g/mol. The zero-order valence-electron chi connectivity index (χ0n) is 21.3. The molecule has 0 bridgehead atoms. The summed E-state index contributed by atoms with van der Waals surface area (Å²) in [6.07, 6.45) is 2.39. The number of rotatable bonds is 6. The number of amides is 2. The van der Waals surface area contributed by atoms with E-state index in [0.29, 0.717) is 16.8 Å². The third-order valence-corrected chi connectivity index (χ3v) is 6.56. The van der Waals surface area contributed by atoms with Gasteiger partial charge in [0.25, 0.3) is 11.8 Å². The van der Waals surface area contributed by atoms with Gasteiger partial charge in [-0.25, -0.2) is 9.97 Å². The molecular weight excluding hydrogens is 452 g/mol. The number of nitrogens with two attached hydrogens (primary N) is 1. The Morgan fingerprint density at radius 3 is 2.53 bits per heavy atom. The van der Waals surface area contributed by atoms with Gasteiger partial charge in [-0.1, -0.05) is 42.5 Å². The molecule has 36 heavy (non-hydrogen) atoms. The summed E-state index contributed by atoms with van der Waals surface area (Å²) in [7, 11) is 0. The van der Waals surface area contributed by atoms with Crippen molar-refractivity contribution >= 4 is 17.6 Å². The topological polar surface area (TPSA) is 113 Å². The molecule has 2 aromatic carbocycles. The van der Waals surface area contributed by atoms with Gasteiger partial charge in [-0.15, -0.1) is 0 Å². The molecule has 4 rings (SSSR count). The van der Waals surface area contributed by atoms with E-state index in [1.54, 1.807) is 18.2 Å². The third kappa shape index (κ3) is 5.88. The number of carbonyl (C=O) groups excluding carboxylic acids is 2. The van der Waals surface area contributed by atoms with Crippen LogP contribution in [0, 0.1) is 0 Å². The zero-order valence-corrected chi connectivity index (χ0v) is 21.3. The van der Waals surface area contributed by atoms with Gasteiger partial charge < -0.3 is 16.4 Å². The van der Waals surface area contributed by atoms with E-state index < -0.39 is 0 Å². The van der Waals surface area contributed by atoms with Crippen LogP contribution in [0.3, 0.4) is 0 Å². The highest BCUT2D eigenvalue weighted by Gasteiger charge is 2.31. The molecule has 1 aliphatic rings. The zero-order chi connectivity index (χ0) is 25.9. The molecule has 0 aliphatic carbocycles. The second-order valence-electron chi connectivity index (χ2n) is 10.3. The minimum atomic E-state index is -0.340. The van der Waals surface area contributed by atoms with Gasteiger partial charge in [0.05, 0.1) is 17.9 Å². The molecule has 2 atom stereocenters. The Morgan fingerprint density at radius 1 is 1.08 bits per heavy atom. The van der Waals surface area contributed by atoms with Gasteiger partial charge in [0, 0.05) is 35.8 Å². The number of likely N-dealkylation sites (tertiary alicyclic amines) is 1. The van der Waals surface area contributed by atoms with Crippen molar-refractivity contribution in [1.29, 1.82) is 0 Å². The van der Waals surface area contributed by atoms with Crippen molar-refractivity contribution in [3.05, 3.63) is 77.6 Å². The Bertz CT molecular complexity index is 1240. The van der Waals surface area contributed by atoms with E-state index in [1.807, 2.05) is 43.3 Å². The lowest BCUT2D eigenvalue weighted by Gasteiger charge is -2.31. The maximum absolute atomic E-state index is 13.0. The molecule has 8 nitrogen and oxygen atoms in total. The number of anilines is 1. The number of carbonyl (C=O) groups is 2. The number of hydrogen-bond acceptors (Lipinski definition) is 6. The highest BCUT2D eigenvalue weighted by Crippen LogP contribution is 2.23. The maximum atomic E-state index is 13.0. The molecule has 188 valence electrons. The fourth-order valence-electron chi connectivity index (χ4n) is 4.37. The SMILES string of the molecule is C[C@@H](NC(=O)c1cccc(-c2cnc(N)c(C(=O)N[C@H]3CCN(C(C)(C)C)C3)n2)c1)c1ccccc1. The lowest BCUT2D eigenvalue weighted by atomic mass is 10.1. The smallest absolute Gasteiger partial charge is 0.274 e. The Kier molecular flexibility index (Phi) is 7.35. The summed E-state index contributed by atoms with van der Waals surface area (Å²) in [5.41, 5.74) is 8.83. The molecule has 3 aromatic rings. The van der Waals surface area contributed by atoms with Crippen molar-refractivity contribution in [2.24, 2.45) is 0 Å². The van der Waals surface area contributed by atoms with Crippen LogP contribution >= 0.6 is 0 Å². The summed E-state index contributed by atoms with van der Waals surface area (Å²) in [4.78, 5) is 37.0. The number of nitrogens with zero attached hydrogens (tertiary/aromatic N) is 3. The molecule has 0 unspecified atom stereocenters. The second kappa shape index (κ2) is 10.5. The predicted octanol–water partition coefficient (Wildman–Crippen LogP) is 3.82. The van der Waals surface area contributed by atoms with Gasteiger partial charge in [0.15, 0.2) is 11.5 Å². The first-order valence-electron chi connectivity index (χ1n) is 12.3. The van der Waals surface area contributed by atoms with Crippen LogP contribution in [-0.2, 0) is 0 Å². The van der Waals surface area contributed by atoms with Crippen LogP contribution in [0.2, 0.25) is 0 Å². The summed E-state index contributed by atoms with van der Waals surface area (Å²) in [6.45, 7) is 10.1. The molecular formula is C28H34N6O2. The normalized spacial score (nSPS) is 16.9. The van der Waals surface area contributed by atoms with Crippen molar-refractivity contribution in [1.82, 2.24) is 25.5 Å². The lowest BCUT2D eigenvalue weighted by Crippen LogP contribution is -2.43. The highest BCUT2D eigenvalue weighted by molar-refractivity contribution is 5.97. The largest absolute Gasteiger partial charge is 0.382 e. The first-order valence-corrected chi connectivity index (χ1v) is 12.3. The second-order valence-corrected chi connectivity index (χ2v) is 10.3. The molecule has 1 aliphatic heterocycles. The number of benzene rings is 2. The molecule has 4 N–H and O–H groups in total. The van der Waals surface area contributed by atoms with Gasteiger partial charge in [-0.05, 0) is 51.8 Å². The van der Waals surface area contributed by atoms with Crippen LogP contribution in [0.25, 0.3) is 11.3 Å². The quantitative estimate of drug-likeness (QED) is 0.488. The van der Waals surface area contributed by atoms with Crippen LogP contribution in [0.4, 0.5) is 5.82 Å². The van der Waals surface area contributed by atoms with Crippen molar-refractivity contribution in [2.45, 2.75) is 51.7 Å². The van der Waals surface area contributed by atoms with E-state index in [-0.39, 0.29) is 40.9 Å². The predicted molar refractivity (Wildman–Crippen MR) is 141 cm³/mol. The Labute approximate surface area is 212 Å². The van der Waals surface area contributed by atoms with Crippen LogP contribution in [0.15, 0.2) is 60.8 Å². The first kappa shape index (κ1) is 25.3. The molecule has 2 heterocycles. The molecule has 1 aromatic heterocycles. The maximum Gasteiger partial charge on any atom is 0.274 e. The molecule has 0 spiro atoms. The molecule has 0 radical (unpaired) electrons. The van der Waals surface area contributed by atoms with Gasteiger partial charge >= 0.3 is 0 Å². The summed E-state index contributed by atoms with van der Waals surface area (Å²) < 4.78 is 0. The van der Waals surface area contributed by atoms with Crippen LogP contribution in [0.1, 0.15) is 66.6 Å². The number of nitrogens with one attached hydrogen (secondary N) is 2. The monoisotopic (exact) mass is 486 g/mol. The van der Waals surface area contributed by atoms with Gasteiger partial charge in [-0.3, -0.25) is 14.5 Å². The van der Waals surface area contributed by atoms with Crippen molar-refractivity contribution < 1.29 is 9.59 Å². The number of nitrogen functional groups attached to an aromatic ring is 1. The summed E-state index contributed by atoms with van der Waals surface area (Å²) in [5.74, 6) is -0.458. The number of hydrogen-bond donors (Lipinski definition) is 3. The molecule has 2 amide bonds. The first-order chi connectivity index (χ1) is 17.1. The van der Waals surface area contributed by atoms with E-state index in [0.717, 1.165) is 25.1 Å². The van der Waals surface area contributed by atoms with Crippen molar-refractivity contribution in [3.63, 3.8) is 0 Å². The van der Waals surface area contributed by atoms with Gasteiger partial charge in [0.1, 0.15) is 0 Å². The van der Waals surface area contributed by atoms with E-state index in [9.17, 15) is 9.59 Å². The van der Waals surface area contributed by atoms with Crippen LogP contribution < -0.4 is 16.4 Å². The summed E-state index contributed by atoms with van der Waals surface area (Å²) >= 11 is 0. The van der Waals surface area contributed by atoms with Crippen molar-refractivity contribution in [2.75, 3.05) is 18.8 Å². The van der Waals surface area contributed by atoms with E-state index in [1.165, 1.54) is 6.20 Å².